The topological polar surface area (TPSA) is 49.3 Å². The van der Waals surface area contributed by atoms with Crippen LogP contribution >= 0.6 is 23.4 Å². The van der Waals surface area contributed by atoms with E-state index in [0.29, 0.717) is 17.3 Å². The summed E-state index contributed by atoms with van der Waals surface area (Å²) in [4.78, 5) is 11.3. The van der Waals surface area contributed by atoms with E-state index in [1.54, 1.807) is 6.92 Å². The van der Waals surface area contributed by atoms with Crippen molar-refractivity contribution >= 4 is 29.3 Å². The summed E-state index contributed by atoms with van der Waals surface area (Å²) < 4.78 is 0. The average Bonchev–Trinajstić information content (AvgIpc) is 2.26. The minimum Gasteiger partial charge on any atom is -0.392 e. The second kappa shape index (κ2) is 7.58. The number of aliphatic hydroxyl groups excluding tert-OH is 1. The minimum atomic E-state index is -0.503. The molecular formula is C12H16ClNO2S. The Kier molecular flexibility index (Phi) is 6.40. The Labute approximate surface area is 111 Å². The van der Waals surface area contributed by atoms with Gasteiger partial charge in [-0.25, -0.2) is 0 Å². The van der Waals surface area contributed by atoms with Gasteiger partial charge in [-0.15, -0.1) is 11.8 Å². The summed E-state index contributed by atoms with van der Waals surface area (Å²) in [6.07, 6.45) is -0.503. The molecule has 1 rings (SSSR count). The Morgan fingerprint density at radius 3 is 3.00 bits per heavy atom. The molecule has 0 aromatic heterocycles. The van der Waals surface area contributed by atoms with Gasteiger partial charge in [0.25, 0.3) is 0 Å². The summed E-state index contributed by atoms with van der Waals surface area (Å²) in [5, 5.41) is 12.4. The van der Waals surface area contributed by atoms with Gasteiger partial charge in [0.2, 0.25) is 5.91 Å². The Hall–Kier alpha value is -0.710. The molecule has 0 radical (unpaired) electrons. The van der Waals surface area contributed by atoms with Crippen LogP contribution in [0.5, 0.6) is 0 Å². The highest BCUT2D eigenvalue weighted by atomic mass is 35.5. The van der Waals surface area contributed by atoms with Crippen molar-refractivity contribution in [1.29, 1.82) is 0 Å². The van der Waals surface area contributed by atoms with E-state index in [9.17, 15) is 4.79 Å². The molecule has 94 valence electrons. The quantitative estimate of drug-likeness (QED) is 0.834. The van der Waals surface area contributed by atoms with Crippen LogP contribution in [0.15, 0.2) is 24.3 Å². The summed E-state index contributed by atoms with van der Waals surface area (Å²) in [6, 6.07) is 7.59. The summed E-state index contributed by atoms with van der Waals surface area (Å²) in [5.41, 5.74) is 1.10. The highest BCUT2D eigenvalue weighted by Crippen LogP contribution is 2.16. The van der Waals surface area contributed by atoms with E-state index in [1.165, 1.54) is 11.8 Å². The molecule has 0 aliphatic rings. The lowest BCUT2D eigenvalue weighted by atomic mass is 10.2. The number of carbonyl (C=O) groups excluding carboxylic acids is 1. The van der Waals surface area contributed by atoms with Crippen LogP contribution in [0.2, 0.25) is 5.02 Å². The first kappa shape index (κ1) is 14.4. The van der Waals surface area contributed by atoms with Gasteiger partial charge in [0, 0.05) is 17.3 Å². The van der Waals surface area contributed by atoms with E-state index in [2.05, 4.69) is 5.32 Å². The molecule has 1 unspecified atom stereocenters. The molecule has 0 aliphatic carbocycles. The van der Waals surface area contributed by atoms with Crippen molar-refractivity contribution in [3.8, 4) is 0 Å². The largest absolute Gasteiger partial charge is 0.392 e. The van der Waals surface area contributed by atoms with Crippen LogP contribution in [0.25, 0.3) is 0 Å². The van der Waals surface area contributed by atoms with Gasteiger partial charge in [0.15, 0.2) is 0 Å². The van der Waals surface area contributed by atoms with Crippen molar-refractivity contribution in [1.82, 2.24) is 5.32 Å². The monoisotopic (exact) mass is 273 g/mol. The van der Waals surface area contributed by atoms with Crippen LogP contribution in [-0.2, 0) is 10.5 Å². The predicted molar refractivity (Wildman–Crippen MR) is 72.3 cm³/mol. The van der Waals surface area contributed by atoms with Gasteiger partial charge in [-0.1, -0.05) is 23.7 Å². The lowest BCUT2D eigenvalue weighted by Gasteiger charge is -2.07. The van der Waals surface area contributed by atoms with E-state index in [0.717, 1.165) is 11.3 Å². The summed E-state index contributed by atoms with van der Waals surface area (Å²) in [6.45, 7) is 1.94. The molecule has 17 heavy (non-hydrogen) atoms. The van der Waals surface area contributed by atoms with Crippen molar-refractivity contribution in [3.63, 3.8) is 0 Å². The zero-order chi connectivity index (χ0) is 12.7. The summed E-state index contributed by atoms with van der Waals surface area (Å²) in [5.74, 6) is 1.08. The Morgan fingerprint density at radius 1 is 1.59 bits per heavy atom. The number of thioether (sulfide) groups is 1. The van der Waals surface area contributed by atoms with Crippen LogP contribution in [0.4, 0.5) is 0 Å². The SMILES string of the molecule is CC(O)CNC(=O)CSCc1cccc(Cl)c1. The number of hydrogen-bond donors (Lipinski definition) is 2. The number of nitrogens with one attached hydrogen (secondary N) is 1. The van der Waals surface area contributed by atoms with E-state index < -0.39 is 6.10 Å². The molecule has 0 fully saturated rings. The lowest BCUT2D eigenvalue weighted by molar-refractivity contribution is -0.118. The minimum absolute atomic E-state index is 0.0575. The number of halogens is 1. The molecule has 0 spiro atoms. The number of aliphatic hydroxyl groups is 1. The lowest BCUT2D eigenvalue weighted by Crippen LogP contribution is -2.31. The van der Waals surface area contributed by atoms with Gasteiger partial charge in [0.05, 0.1) is 11.9 Å². The van der Waals surface area contributed by atoms with E-state index >= 15 is 0 Å². The number of rotatable bonds is 6. The first-order valence-corrected chi connectivity index (χ1v) is 6.88. The number of hydrogen-bond acceptors (Lipinski definition) is 3. The van der Waals surface area contributed by atoms with Crippen LogP contribution in [0, 0.1) is 0 Å². The van der Waals surface area contributed by atoms with E-state index in [-0.39, 0.29) is 5.91 Å². The van der Waals surface area contributed by atoms with Gasteiger partial charge in [-0.05, 0) is 24.6 Å². The Morgan fingerprint density at radius 2 is 2.35 bits per heavy atom. The maximum atomic E-state index is 11.3. The maximum absolute atomic E-state index is 11.3. The summed E-state index contributed by atoms with van der Waals surface area (Å²) >= 11 is 7.38. The predicted octanol–water partition coefficient (Wildman–Crippen LogP) is 2.07. The molecule has 0 saturated heterocycles. The van der Waals surface area contributed by atoms with Gasteiger partial charge in [-0.3, -0.25) is 4.79 Å². The maximum Gasteiger partial charge on any atom is 0.230 e. The molecular weight excluding hydrogens is 258 g/mol. The molecule has 2 N–H and O–H groups in total. The van der Waals surface area contributed by atoms with Crippen molar-refractivity contribution in [2.75, 3.05) is 12.3 Å². The van der Waals surface area contributed by atoms with E-state index in [1.807, 2.05) is 24.3 Å². The van der Waals surface area contributed by atoms with Crippen LogP contribution in [0.1, 0.15) is 12.5 Å². The van der Waals surface area contributed by atoms with Crippen molar-refractivity contribution in [2.45, 2.75) is 18.8 Å². The van der Waals surface area contributed by atoms with Crippen LogP contribution in [0.3, 0.4) is 0 Å². The smallest absolute Gasteiger partial charge is 0.230 e. The molecule has 3 nitrogen and oxygen atoms in total. The van der Waals surface area contributed by atoms with E-state index in [4.69, 9.17) is 16.7 Å². The zero-order valence-corrected chi connectivity index (χ0v) is 11.2. The fourth-order valence-corrected chi connectivity index (χ4v) is 2.22. The molecule has 5 heteroatoms. The van der Waals surface area contributed by atoms with Crippen molar-refractivity contribution in [3.05, 3.63) is 34.9 Å². The Balaban J connectivity index is 2.21. The molecule has 1 aromatic carbocycles. The fraction of sp³-hybridized carbons (Fsp3) is 0.417. The average molecular weight is 274 g/mol. The second-order valence-corrected chi connectivity index (χ2v) is 5.20. The highest BCUT2D eigenvalue weighted by molar-refractivity contribution is 7.99. The van der Waals surface area contributed by atoms with Gasteiger partial charge in [-0.2, -0.15) is 0 Å². The third kappa shape index (κ3) is 6.56. The fourth-order valence-electron chi connectivity index (χ4n) is 1.20. The third-order valence-electron chi connectivity index (χ3n) is 1.99. The normalized spacial score (nSPS) is 12.2. The van der Waals surface area contributed by atoms with Crippen LogP contribution < -0.4 is 5.32 Å². The standard InChI is InChI=1S/C12H16ClNO2S/c1-9(15)6-14-12(16)8-17-7-10-3-2-4-11(13)5-10/h2-5,9,15H,6-8H2,1H3,(H,14,16). The molecule has 1 atom stereocenters. The molecule has 1 amide bonds. The molecule has 0 saturated carbocycles. The molecule has 1 aromatic rings. The van der Waals surface area contributed by atoms with Gasteiger partial charge >= 0.3 is 0 Å². The third-order valence-corrected chi connectivity index (χ3v) is 3.22. The zero-order valence-electron chi connectivity index (χ0n) is 9.65. The van der Waals surface area contributed by atoms with Crippen molar-refractivity contribution < 1.29 is 9.90 Å². The second-order valence-electron chi connectivity index (χ2n) is 3.78. The number of benzene rings is 1. The molecule has 0 heterocycles. The summed E-state index contributed by atoms with van der Waals surface area (Å²) in [7, 11) is 0. The highest BCUT2D eigenvalue weighted by Gasteiger charge is 2.03. The van der Waals surface area contributed by atoms with Gasteiger partial charge < -0.3 is 10.4 Å². The Bertz CT molecular complexity index is 371. The first-order chi connectivity index (χ1) is 8.08. The van der Waals surface area contributed by atoms with Crippen molar-refractivity contribution in [2.24, 2.45) is 0 Å². The molecule has 0 bridgehead atoms. The number of carbonyl (C=O) groups is 1. The van der Waals surface area contributed by atoms with Gasteiger partial charge in [0.1, 0.15) is 0 Å². The van der Waals surface area contributed by atoms with Crippen LogP contribution in [-0.4, -0.2) is 29.4 Å². The molecule has 0 aliphatic heterocycles. The number of amides is 1. The first-order valence-electron chi connectivity index (χ1n) is 5.35.